The van der Waals surface area contributed by atoms with Gasteiger partial charge in [-0.1, -0.05) is 26.0 Å². The molecule has 0 bridgehead atoms. The molecule has 0 aliphatic carbocycles. The molecule has 0 unspecified atom stereocenters. The summed E-state index contributed by atoms with van der Waals surface area (Å²) in [7, 11) is 1.77. The van der Waals surface area contributed by atoms with E-state index < -0.39 is 6.04 Å². The molecular formula is C16H24N2O2S. The Morgan fingerprint density at radius 2 is 1.81 bits per heavy atom. The van der Waals surface area contributed by atoms with Crippen molar-refractivity contribution < 1.29 is 9.59 Å². The highest BCUT2D eigenvalue weighted by Crippen LogP contribution is 2.16. The molecule has 1 aromatic rings. The maximum absolute atomic E-state index is 12.5. The van der Waals surface area contributed by atoms with E-state index >= 15 is 0 Å². The molecule has 0 radical (unpaired) electrons. The third kappa shape index (κ3) is 5.42. The summed E-state index contributed by atoms with van der Waals surface area (Å²) in [6.07, 6.45) is 2.03. The Hall–Kier alpha value is -1.49. The van der Waals surface area contributed by atoms with Gasteiger partial charge in [-0.3, -0.25) is 9.59 Å². The number of nitrogens with one attached hydrogen (secondary N) is 1. The van der Waals surface area contributed by atoms with Crippen LogP contribution in [0, 0.1) is 5.92 Å². The number of thioether (sulfide) groups is 1. The van der Waals surface area contributed by atoms with Crippen LogP contribution < -0.4 is 5.32 Å². The van der Waals surface area contributed by atoms with Crippen LogP contribution in [0.4, 0.5) is 0 Å². The molecule has 1 N–H and O–H groups in total. The zero-order valence-electron chi connectivity index (χ0n) is 13.3. The van der Waals surface area contributed by atoms with Crippen molar-refractivity contribution in [2.24, 2.45) is 5.92 Å². The average molecular weight is 308 g/mol. The molecule has 0 aromatic heterocycles. The maximum Gasteiger partial charge on any atom is 0.245 e. The van der Waals surface area contributed by atoms with Crippen LogP contribution >= 0.6 is 11.8 Å². The van der Waals surface area contributed by atoms with Crippen molar-refractivity contribution in [3.63, 3.8) is 0 Å². The molecule has 21 heavy (non-hydrogen) atoms. The molecule has 0 saturated heterocycles. The van der Waals surface area contributed by atoms with E-state index in [9.17, 15) is 9.59 Å². The highest BCUT2D eigenvalue weighted by molar-refractivity contribution is 7.98. The monoisotopic (exact) mass is 308 g/mol. The van der Waals surface area contributed by atoms with Crippen molar-refractivity contribution in [3.05, 3.63) is 29.8 Å². The van der Waals surface area contributed by atoms with Crippen LogP contribution in [0.15, 0.2) is 29.2 Å². The minimum Gasteiger partial charge on any atom is -0.344 e. The summed E-state index contributed by atoms with van der Waals surface area (Å²) in [6, 6.07) is 7.67. The number of likely N-dealkylation sites (N-methyl/N-ethyl adjacent to an activating group) is 1. The molecule has 1 rings (SSSR count). The first-order valence-electron chi connectivity index (χ1n) is 7.00. The molecule has 0 saturated carbocycles. The van der Waals surface area contributed by atoms with Crippen LogP contribution in [0.3, 0.4) is 0 Å². The molecule has 1 atom stereocenters. The summed E-state index contributed by atoms with van der Waals surface area (Å²) >= 11 is 1.69. The van der Waals surface area contributed by atoms with Crippen molar-refractivity contribution in [1.82, 2.24) is 10.2 Å². The first kappa shape index (κ1) is 17.6. The predicted molar refractivity (Wildman–Crippen MR) is 87.1 cm³/mol. The molecule has 4 nitrogen and oxygen atoms in total. The van der Waals surface area contributed by atoms with Crippen molar-refractivity contribution in [2.45, 2.75) is 38.3 Å². The summed E-state index contributed by atoms with van der Waals surface area (Å²) in [6.45, 7) is 5.83. The van der Waals surface area contributed by atoms with Gasteiger partial charge in [0.1, 0.15) is 6.04 Å². The minimum absolute atomic E-state index is 0.0581. The van der Waals surface area contributed by atoms with Crippen LogP contribution in [0.5, 0.6) is 0 Å². The Bertz CT molecular complexity index is 486. The normalized spacial score (nSPS) is 12.1. The fourth-order valence-corrected chi connectivity index (χ4v) is 2.46. The van der Waals surface area contributed by atoms with Crippen molar-refractivity contribution in [1.29, 1.82) is 0 Å². The van der Waals surface area contributed by atoms with E-state index in [-0.39, 0.29) is 17.7 Å². The van der Waals surface area contributed by atoms with Gasteiger partial charge in [-0.15, -0.1) is 11.8 Å². The van der Waals surface area contributed by atoms with Gasteiger partial charge in [0.25, 0.3) is 0 Å². The fraction of sp³-hybridized carbons (Fsp3) is 0.500. The van der Waals surface area contributed by atoms with E-state index in [1.165, 1.54) is 11.8 Å². The summed E-state index contributed by atoms with van der Waals surface area (Å²) in [5, 5.41) is 2.73. The van der Waals surface area contributed by atoms with Gasteiger partial charge in [0, 0.05) is 25.4 Å². The second-order valence-corrected chi connectivity index (χ2v) is 6.34. The third-order valence-electron chi connectivity index (χ3n) is 3.25. The van der Waals surface area contributed by atoms with E-state index in [0.717, 1.165) is 5.56 Å². The summed E-state index contributed by atoms with van der Waals surface area (Å²) < 4.78 is 0. The molecule has 0 fully saturated rings. The van der Waals surface area contributed by atoms with Gasteiger partial charge in [-0.2, -0.15) is 0 Å². The molecular weight excluding hydrogens is 284 g/mol. The number of hydrogen-bond donors (Lipinski definition) is 1. The number of benzene rings is 1. The number of nitrogens with zero attached hydrogens (tertiary/aromatic N) is 1. The maximum atomic E-state index is 12.5. The van der Waals surface area contributed by atoms with E-state index in [4.69, 9.17) is 0 Å². The average Bonchev–Trinajstić information content (AvgIpc) is 2.44. The lowest BCUT2D eigenvalue weighted by Crippen LogP contribution is -2.49. The van der Waals surface area contributed by atoms with Crippen LogP contribution in [0.25, 0.3) is 0 Å². The third-order valence-corrected chi connectivity index (χ3v) is 3.99. The number of rotatable bonds is 6. The number of carbonyl (C=O) groups is 2. The number of hydrogen-bond acceptors (Lipinski definition) is 3. The second kappa shape index (κ2) is 8.08. The Labute approximate surface area is 131 Å². The lowest BCUT2D eigenvalue weighted by atomic mass is 10.0. The Balaban J connectivity index is 2.73. The number of carbonyl (C=O) groups excluding carboxylic acids is 2. The summed E-state index contributed by atoms with van der Waals surface area (Å²) in [4.78, 5) is 26.5. The molecule has 0 spiro atoms. The molecule has 1 aromatic carbocycles. The smallest absolute Gasteiger partial charge is 0.245 e. The lowest BCUT2D eigenvalue weighted by Gasteiger charge is -2.26. The van der Waals surface area contributed by atoms with Crippen LogP contribution in [0.2, 0.25) is 0 Å². The molecule has 0 aliphatic rings. The van der Waals surface area contributed by atoms with E-state index in [1.54, 1.807) is 23.7 Å². The van der Waals surface area contributed by atoms with E-state index in [0.29, 0.717) is 6.54 Å². The SMILES string of the molecule is CSc1ccc(CN(C)C(=O)[C@H](NC(C)=O)C(C)C)cc1. The predicted octanol–water partition coefficient (Wildman–Crippen LogP) is 2.53. The standard InChI is InChI=1S/C16H24N2O2S/c1-11(2)15(17-12(3)19)16(20)18(4)10-13-6-8-14(21-5)9-7-13/h6-9,11,15H,10H2,1-5H3,(H,17,19)/t15-/m1/s1. The van der Waals surface area contributed by atoms with Crippen LogP contribution in [-0.4, -0.2) is 36.1 Å². The van der Waals surface area contributed by atoms with Gasteiger partial charge in [-0.25, -0.2) is 0 Å². The largest absolute Gasteiger partial charge is 0.344 e. The van der Waals surface area contributed by atoms with Gasteiger partial charge in [0.2, 0.25) is 11.8 Å². The lowest BCUT2D eigenvalue weighted by molar-refractivity contribution is -0.136. The highest BCUT2D eigenvalue weighted by Gasteiger charge is 2.25. The van der Waals surface area contributed by atoms with Gasteiger partial charge < -0.3 is 10.2 Å². The van der Waals surface area contributed by atoms with Crippen molar-refractivity contribution in [2.75, 3.05) is 13.3 Å². The highest BCUT2D eigenvalue weighted by atomic mass is 32.2. The number of amides is 2. The molecule has 0 aliphatic heterocycles. The van der Waals surface area contributed by atoms with Crippen LogP contribution in [-0.2, 0) is 16.1 Å². The molecule has 0 heterocycles. The van der Waals surface area contributed by atoms with Crippen molar-refractivity contribution >= 4 is 23.6 Å². The molecule has 116 valence electrons. The Morgan fingerprint density at radius 3 is 2.24 bits per heavy atom. The zero-order valence-corrected chi connectivity index (χ0v) is 14.2. The first-order valence-corrected chi connectivity index (χ1v) is 8.22. The zero-order chi connectivity index (χ0) is 16.0. The van der Waals surface area contributed by atoms with Gasteiger partial charge in [0.05, 0.1) is 0 Å². The Kier molecular flexibility index (Phi) is 6.75. The van der Waals surface area contributed by atoms with E-state index in [2.05, 4.69) is 5.32 Å². The topological polar surface area (TPSA) is 49.4 Å². The quantitative estimate of drug-likeness (QED) is 0.822. The van der Waals surface area contributed by atoms with Crippen LogP contribution in [0.1, 0.15) is 26.3 Å². The van der Waals surface area contributed by atoms with Crippen molar-refractivity contribution in [3.8, 4) is 0 Å². The molecule has 5 heteroatoms. The van der Waals surface area contributed by atoms with Gasteiger partial charge in [0.15, 0.2) is 0 Å². The van der Waals surface area contributed by atoms with E-state index in [1.807, 2.05) is 44.4 Å². The first-order chi connectivity index (χ1) is 9.85. The Morgan fingerprint density at radius 1 is 1.24 bits per heavy atom. The minimum atomic E-state index is -0.474. The van der Waals surface area contributed by atoms with Gasteiger partial charge >= 0.3 is 0 Å². The second-order valence-electron chi connectivity index (χ2n) is 5.46. The molecule has 2 amide bonds. The fourth-order valence-electron chi connectivity index (χ4n) is 2.05. The van der Waals surface area contributed by atoms with Gasteiger partial charge in [-0.05, 0) is 29.9 Å². The summed E-state index contributed by atoms with van der Waals surface area (Å²) in [5.74, 6) is -0.184. The summed E-state index contributed by atoms with van der Waals surface area (Å²) in [5.41, 5.74) is 1.08.